The van der Waals surface area contributed by atoms with Crippen LogP contribution in [0.1, 0.15) is 28.8 Å². The van der Waals surface area contributed by atoms with Crippen LogP contribution in [0, 0.1) is 17.1 Å². The standard InChI is InChI=1S/C17H16FN3/c18-15-5-1-3-12(9-15)7-8-20-17-14(11-19)10-13-4-2-6-16(13)21-17/h1,3,5,9-10H,2,4,6-8H2,(H,20,21). The molecule has 1 aromatic heterocycles. The Kier molecular flexibility index (Phi) is 3.83. The summed E-state index contributed by atoms with van der Waals surface area (Å²) >= 11 is 0. The molecular formula is C17H16FN3. The number of hydrogen-bond acceptors (Lipinski definition) is 3. The monoisotopic (exact) mass is 281 g/mol. The summed E-state index contributed by atoms with van der Waals surface area (Å²) in [7, 11) is 0. The van der Waals surface area contributed by atoms with Crippen molar-refractivity contribution in [3.8, 4) is 6.07 Å². The van der Waals surface area contributed by atoms with Gasteiger partial charge < -0.3 is 5.32 Å². The van der Waals surface area contributed by atoms with Crippen molar-refractivity contribution in [2.24, 2.45) is 0 Å². The molecule has 21 heavy (non-hydrogen) atoms. The molecule has 1 aliphatic rings. The Morgan fingerprint density at radius 2 is 2.19 bits per heavy atom. The fourth-order valence-electron chi connectivity index (χ4n) is 2.71. The van der Waals surface area contributed by atoms with Gasteiger partial charge in [0.05, 0.1) is 5.56 Å². The molecule has 1 aliphatic carbocycles. The third-order valence-corrected chi connectivity index (χ3v) is 3.77. The molecule has 0 aliphatic heterocycles. The summed E-state index contributed by atoms with van der Waals surface area (Å²) < 4.78 is 13.1. The average Bonchev–Trinajstić information content (AvgIpc) is 2.93. The van der Waals surface area contributed by atoms with Crippen molar-refractivity contribution in [2.75, 3.05) is 11.9 Å². The van der Waals surface area contributed by atoms with Crippen LogP contribution in [0.5, 0.6) is 0 Å². The third-order valence-electron chi connectivity index (χ3n) is 3.77. The molecule has 0 fully saturated rings. The van der Waals surface area contributed by atoms with Crippen LogP contribution in [0.15, 0.2) is 30.3 Å². The SMILES string of the molecule is N#Cc1cc2c(nc1NCCc1cccc(F)c1)CCC2. The number of anilines is 1. The minimum atomic E-state index is -0.221. The molecule has 2 aromatic rings. The van der Waals surface area contributed by atoms with Crippen LogP contribution in [-0.2, 0) is 19.3 Å². The number of benzene rings is 1. The minimum absolute atomic E-state index is 0.221. The van der Waals surface area contributed by atoms with Crippen molar-refractivity contribution >= 4 is 5.82 Å². The van der Waals surface area contributed by atoms with Gasteiger partial charge in [-0.1, -0.05) is 12.1 Å². The minimum Gasteiger partial charge on any atom is -0.369 e. The Bertz CT molecular complexity index is 704. The lowest BCUT2D eigenvalue weighted by molar-refractivity contribution is 0.625. The van der Waals surface area contributed by atoms with E-state index in [-0.39, 0.29) is 5.82 Å². The van der Waals surface area contributed by atoms with Gasteiger partial charge in [0.1, 0.15) is 17.7 Å². The summed E-state index contributed by atoms with van der Waals surface area (Å²) in [6.45, 7) is 0.629. The molecule has 0 spiro atoms. The average molecular weight is 281 g/mol. The highest BCUT2D eigenvalue weighted by molar-refractivity contribution is 5.55. The fourth-order valence-corrected chi connectivity index (χ4v) is 2.71. The van der Waals surface area contributed by atoms with Crippen LogP contribution in [0.4, 0.5) is 10.2 Å². The number of aromatic nitrogens is 1. The number of rotatable bonds is 4. The summed E-state index contributed by atoms with van der Waals surface area (Å²) in [6, 6.07) is 10.7. The van der Waals surface area contributed by atoms with Crippen molar-refractivity contribution in [1.82, 2.24) is 4.98 Å². The highest BCUT2D eigenvalue weighted by atomic mass is 19.1. The Morgan fingerprint density at radius 3 is 3.00 bits per heavy atom. The Hall–Kier alpha value is -2.41. The summed E-state index contributed by atoms with van der Waals surface area (Å²) in [5.41, 5.74) is 3.82. The molecule has 0 radical (unpaired) electrons. The third kappa shape index (κ3) is 3.03. The molecule has 0 amide bonds. The molecular weight excluding hydrogens is 265 g/mol. The largest absolute Gasteiger partial charge is 0.369 e. The fraction of sp³-hybridized carbons (Fsp3) is 0.294. The smallest absolute Gasteiger partial charge is 0.144 e. The van der Waals surface area contributed by atoms with E-state index in [0.717, 1.165) is 30.5 Å². The topological polar surface area (TPSA) is 48.7 Å². The lowest BCUT2D eigenvalue weighted by Gasteiger charge is -2.10. The molecule has 1 heterocycles. The quantitative estimate of drug-likeness (QED) is 0.936. The number of hydrogen-bond donors (Lipinski definition) is 1. The zero-order chi connectivity index (χ0) is 14.7. The molecule has 0 bridgehead atoms. The zero-order valence-corrected chi connectivity index (χ0v) is 11.7. The second-order valence-corrected chi connectivity index (χ2v) is 5.26. The Balaban J connectivity index is 1.69. The first-order valence-corrected chi connectivity index (χ1v) is 7.17. The lowest BCUT2D eigenvalue weighted by atomic mass is 10.1. The maximum atomic E-state index is 13.1. The highest BCUT2D eigenvalue weighted by Crippen LogP contribution is 2.24. The van der Waals surface area contributed by atoms with Gasteiger partial charge in [0.25, 0.3) is 0 Å². The maximum absolute atomic E-state index is 13.1. The Labute approximate surface area is 123 Å². The molecule has 0 unspecified atom stereocenters. The summed E-state index contributed by atoms with van der Waals surface area (Å²) in [6.07, 6.45) is 3.81. The van der Waals surface area contributed by atoms with E-state index in [2.05, 4.69) is 16.4 Å². The van der Waals surface area contributed by atoms with Crippen LogP contribution in [-0.4, -0.2) is 11.5 Å². The highest BCUT2D eigenvalue weighted by Gasteiger charge is 2.16. The van der Waals surface area contributed by atoms with Crippen LogP contribution in [0.3, 0.4) is 0 Å². The van der Waals surface area contributed by atoms with Gasteiger partial charge >= 0.3 is 0 Å². The van der Waals surface area contributed by atoms with Gasteiger partial charge in [-0.05, 0) is 55.0 Å². The van der Waals surface area contributed by atoms with Crippen LogP contribution < -0.4 is 5.32 Å². The molecule has 1 N–H and O–H groups in total. The second kappa shape index (κ2) is 5.92. The van der Waals surface area contributed by atoms with Crippen molar-refractivity contribution in [3.63, 3.8) is 0 Å². The van der Waals surface area contributed by atoms with Gasteiger partial charge in [-0.25, -0.2) is 9.37 Å². The lowest BCUT2D eigenvalue weighted by Crippen LogP contribution is -2.09. The van der Waals surface area contributed by atoms with Gasteiger partial charge in [-0.3, -0.25) is 0 Å². The van der Waals surface area contributed by atoms with Gasteiger partial charge in [0, 0.05) is 12.2 Å². The first-order chi connectivity index (χ1) is 10.3. The number of nitrogens with zero attached hydrogens (tertiary/aromatic N) is 2. The molecule has 3 nitrogen and oxygen atoms in total. The van der Waals surface area contributed by atoms with Crippen LogP contribution in [0.2, 0.25) is 0 Å². The predicted octanol–water partition coefficient (Wildman–Crippen LogP) is 3.24. The van der Waals surface area contributed by atoms with Crippen molar-refractivity contribution in [1.29, 1.82) is 5.26 Å². The number of halogens is 1. The van der Waals surface area contributed by atoms with E-state index in [1.54, 1.807) is 6.07 Å². The number of nitriles is 1. The first-order valence-electron chi connectivity index (χ1n) is 7.17. The normalized spacial score (nSPS) is 12.8. The van der Waals surface area contributed by atoms with Gasteiger partial charge in [0.2, 0.25) is 0 Å². The molecule has 106 valence electrons. The molecule has 0 saturated heterocycles. The summed E-state index contributed by atoms with van der Waals surface area (Å²) in [5, 5.41) is 12.4. The maximum Gasteiger partial charge on any atom is 0.144 e. The second-order valence-electron chi connectivity index (χ2n) is 5.26. The molecule has 4 heteroatoms. The van der Waals surface area contributed by atoms with Gasteiger partial charge in [-0.2, -0.15) is 5.26 Å². The zero-order valence-electron chi connectivity index (χ0n) is 11.7. The van der Waals surface area contributed by atoms with E-state index in [0.29, 0.717) is 24.3 Å². The van der Waals surface area contributed by atoms with E-state index >= 15 is 0 Å². The van der Waals surface area contributed by atoms with Gasteiger partial charge in [-0.15, -0.1) is 0 Å². The Morgan fingerprint density at radius 1 is 1.29 bits per heavy atom. The van der Waals surface area contributed by atoms with E-state index in [4.69, 9.17) is 0 Å². The van der Waals surface area contributed by atoms with Crippen molar-refractivity contribution in [3.05, 3.63) is 58.5 Å². The summed E-state index contributed by atoms with van der Waals surface area (Å²) in [5.74, 6) is 0.426. The number of pyridine rings is 1. The van der Waals surface area contributed by atoms with Crippen molar-refractivity contribution in [2.45, 2.75) is 25.7 Å². The number of fused-ring (bicyclic) bond motifs is 1. The molecule has 3 rings (SSSR count). The molecule has 0 atom stereocenters. The van der Waals surface area contributed by atoms with E-state index in [9.17, 15) is 9.65 Å². The van der Waals surface area contributed by atoms with Crippen LogP contribution in [0.25, 0.3) is 0 Å². The van der Waals surface area contributed by atoms with Gasteiger partial charge in [0.15, 0.2) is 0 Å². The number of nitrogens with one attached hydrogen (secondary N) is 1. The van der Waals surface area contributed by atoms with Crippen LogP contribution >= 0.6 is 0 Å². The van der Waals surface area contributed by atoms with Crippen molar-refractivity contribution < 1.29 is 4.39 Å². The molecule has 1 aromatic carbocycles. The summed E-state index contributed by atoms with van der Waals surface area (Å²) in [4.78, 5) is 4.57. The van der Waals surface area contributed by atoms with E-state index in [1.165, 1.54) is 17.7 Å². The number of aryl methyl sites for hydroxylation is 2. The van der Waals surface area contributed by atoms with E-state index < -0.39 is 0 Å². The van der Waals surface area contributed by atoms with E-state index in [1.807, 2.05) is 12.1 Å². The first kappa shape index (κ1) is 13.6. The molecule has 0 saturated carbocycles. The predicted molar refractivity (Wildman–Crippen MR) is 79.6 cm³/mol.